The summed E-state index contributed by atoms with van der Waals surface area (Å²) in [5.74, 6) is 0.719. The van der Waals surface area contributed by atoms with Gasteiger partial charge in [-0.05, 0) is 43.5 Å². The smallest absolute Gasteiger partial charge is 0.261 e. The monoisotopic (exact) mass is 256 g/mol. The van der Waals surface area contributed by atoms with Crippen LogP contribution in [0.4, 0.5) is 11.4 Å². The molecule has 19 heavy (non-hydrogen) atoms. The molecule has 0 atom stereocenters. The summed E-state index contributed by atoms with van der Waals surface area (Å²) in [6, 6.07) is 7.49. The largest absolute Gasteiger partial charge is 0.469 e. The van der Waals surface area contributed by atoms with Crippen LogP contribution in [0.1, 0.15) is 28.1 Å². The zero-order valence-corrected chi connectivity index (χ0v) is 10.8. The van der Waals surface area contributed by atoms with E-state index in [-0.39, 0.29) is 5.91 Å². The highest BCUT2D eigenvalue weighted by molar-refractivity contribution is 6.07. The Kier molecular flexibility index (Phi) is 2.78. The number of amides is 1. The maximum Gasteiger partial charge on any atom is 0.261 e. The van der Waals surface area contributed by atoms with Gasteiger partial charge in [-0.2, -0.15) is 0 Å². The number of fused-ring (bicyclic) bond motifs is 1. The van der Waals surface area contributed by atoms with Crippen molar-refractivity contribution in [1.29, 1.82) is 0 Å². The predicted octanol–water partition coefficient (Wildman–Crippen LogP) is 2.76. The van der Waals surface area contributed by atoms with E-state index in [0.29, 0.717) is 5.56 Å². The summed E-state index contributed by atoms with van der Waals surface area (Å²) in [5, 5.41) is 0. The molecular formula is C15H16N2O2. The number of hydrogen-bond acceptors (Lipinski definition) is 3. The molecule has 0 radical (unpaired) electrons. The highest BCUT2D eigenvalue weighted by Gasteiger charge is 2.25. The van der Waals surface area contributed by atoms with E-state index < -0.39 is 0 Å². The number of furan rings is 1. The van der Waals surface area contributed by atoms with E-state index in [1.54, 1.807) is 11.0 Å². The summed E-state index contributed by atoms with van der Waals surface area (Å²) in [5.41, 5.74) is 9.34. The Morgan fingerprint density at radius 3 is 3.00 bits per heavy atom. The van der Waals surface area contributed by atoms with Crippen LogP contribution in [-0.2, 0) is 6.42 Å². The highest BCUT2D eigenvalue weighted by atomic mass is 16.3. The van der Waals surface area contributed by atoms with E-state index in [1.807, 2.05) is 25.1 Å². The maximum absolute atomic E-state index is 12.5. The van der Waals surface area contributed by atoms with Crippen molar-refractivity contribution in [3.63, 3.8) is 0 Å². The second-order valence-electron chi connectivity index (χ2n) is 4.85. The molecule has 0 aliphatic carbocycles. The lowest BCUT2D eigenvalue weighted by atomic mass is 9.99. The molecule has 0 fully saturated rings. The molecule has 0 saturated heterocycles. The second-order valence-corrected chi connectivity index (χ2v) is 4.85. The van der Waals surface area contributed by atoms with Crippen LogP contribution >= 0.6 is 0 Å². The Morgan fingerprint density at radius 2 is 2.26 bits per heavy atom. The Morgan fingerprint density at radius 1 is 1.42 bits per heavy atom. The second kappa shape index (κ2) is 4.46. The van der Waals surface area contributed by atoms with Crippen LogP contribution in [0.2, 0.25) is 0 Å². The van der Waals surface area contributed by atoms with Gasteiger partial charge in [0.2, 0.25) is 0 Å². The minimum Gasteiger partial charge on any atom is -0.469 e. The number of anilines is 2. The van der Waals surface area contributed by atoms with E-state index in [4.69, 9.17) is 10.2 Å². The number of hydrogen-bond donors (Lipinski definition) is 1. The fraction of sp³-hybridized carbons (Fsp3) is 0.267. The lowest BCUT2D eigenvalue weighted by Crippen LogP contribution is -2.35. The Bertz CT molecular complexity index is 631. The van der Waals surface area contributed by atoms with Crippen LogP contribution in [0.15, 0.2) is 34.9 Å². The van der Waals surface area contributed by atoms with Crippen molar-refractivity contribution >= 4 is 17.3 Å². The van der Waals surface area contributed by atoms with Crippen molar-refractivity contribution < 1.29 is 9.21 Å². The van der Waals surface area contributed by atoms with Crippen molar-refractivity contribution in [2.75, 3.05) is 17.2 Å². The third-order valence-electron chi connectivity index (χ3n) is 3.51. The van der Waals surface area contributed by atoms with Crippen molar-refractivity contribution in [2.45, 2.75) is 19.8 Å². The van der Waals surface area contributed by atoms with Crippen LogP contribution in [0.5, 0.6) is 0 Å². The summed E-state index contributed by atoms with van der Waals surface area (Å²) in [4.78, 5) is 14.3. The number of carbonyl (C=O) groups is 1. The molecule has 1 aromatic carbocycles. The zero-order valence-electron chi connectivity index (χ0n) is 10.8. The molecule has 98 valence electrons. The lowest BCUT2D eigenvalue weighted by Gasteiger charge is -2.29. The Labute approximate surface area is 111 Å². The molecule has 3 rings (SSSR count). The average molecular weight is 256 g/mol. The minimum atomic E-state index is -0.0246. The summed E-state index contributed by atoms with van der Waals surface area (Å²) in [6.45, 7) is 2.55. The molecule has 4 nitrogen and oxygen atoms in total. The molecule has 1 aliphatic rings. The number of nitrogens with zero attached hydrogens (tertiary/aromatic N) is 1. The van der Waals surface area contributed by atoms with Crippen LogP contribution in [0, 0.1) is 6.92 Å². The molecule has 0 bridgehead atoms. The van der Waals surface area contributed by atoms with Crippen LogP contribution in [0.25, 0.3) is 0 Å². The Balaban J connectivity index is 2.00. The van der Waals surface area contributed by atoms with Crippen molar-refractivity contribution in [2.24, 2.45) is 0 Å². The van der Waals surface area contributed by atoms with Gasteiger partial charge in [0, 0.05) is 17.9 Å². The standard InChI is InChI=1S/C15H16N2O2/c1-10-8-11(9-19-10)15(18)17-7-3-4-12-13(16)5-2-6-14(12)17/h2,5-6,8-9H,3-4,7,16H2,1H3. The molecule has 2 N–H and O–H groups in total. The molecule has 0 saturated carbocycles. The molecule has 1 amide bonds. The van der Waals surface area contributed by atoms with Gasteiger partial charge in [0.1, 0.15) is 12.0 Å². The SMILES string of the molecule is Cc1cc(C(=O)N2CCCc3c(N)cccc32)co1. The number of nitrogens with two attached hydrogens (primary N) is 1. The number of nitrogen functional groups attached to an aromatic ring is 1. The van der Waals surface area contributed by atoms with Crippen LogP contribution in [0.3, 0.4) is 0 Å². The first-order chi connectivity index (χ1) is 9.16. The predicted molar refractivity (Wildman–Crippen MR) is 74.3 cm³/mol. The van der Waals surface area contributed by atoms with Gasteiger partial charge < -0.3 is 15.1 Å². The van der Waals surface area contributed by atoms with Gasteiger partial charge in [-0.3, -0.25) is 4.79 Å². The van der Waals surface area contributed by atoms with Crippen molar-refractivity contribution in [3.05, 3.63) is 47.4 Å². The van der Waals surface area contributed by atoms with E-state index in [1.165, 1.54) is 6.26 Å². The quantitative estimate of drug-likeness (QED) is 0.798. The normalized spacial score (nSPS) is 14.3. The van der Waals surface area contributed by atoms with E-state index in [9.17, 15) is 4.79 Å². The summed E-state index contributed by atoms with van der Waals surface area (Å²) >= 11 is 0. The van der Waals surface area contributed by atoms with Gasteiger partial charge in [0.25, 0.3) is 5.91 Å². The Hall–Kier alpha value is -2.23. The van der Waals surface area contributed by atoms with Gasteiger partial charge in [-0.1, -0.05) is 6.07 Å². The van der Waals surface area contributed by atoms with Gasteiger partial charge in [-0.25, -0.2) is 0 Å². The van der Waals surface area contributed by atoms with Crippen molar-refractivity contribution in [1.82, 2.24) is 0 Å². The lowest BCUT2D eigenvalue weighted by molar-refractivity contribution is 0.0984. The fourth-order valence-corrected chi connectivity index (χ4v) is 2.57. The van der Waals surface area contributed by atoms with E-state index in [2.05, 4.69) is 0 Å². The van der Waals surface area contributed by atoms with E-state index in [0.717, 1.165) is 42.1 Å². The molecule has 0 unspecified atom stereocenters. The average Bonchev–Trinajstić information content (AvgIpc) is 2.85. The van der Waals surface area contributed by atoms with Gasteiger partial charge in [-0.15, -0.1) is 0 Å². The van der Waals surface area contributed by atoms with Gasteiger partial charge >= 0.3 is 0 Å². The molecule has 2 aromatic rings. The molecule has 4 heteroatoms. The highest BCUT2D eigenvalue weighted by Crippen LogP contribution is 2.32. The minimum absolute atomic E-state index is 0.0246. The zero-order chi connectivity index (χ0) is 13.4. The van der Waals surface area contributed by atoms with Crippen LogP contribution in [-0.4, -0.2) is 12.5 Å². The molecule has 1 aromatic heterocycles. The number of aryl methyl sites for hydroxylation is 1. The fourth-order valence-electron chi connectivity index (χ4n) is 2.57. The third kappa shape index (κ3) is 1.99. The first-order valence-corrected chi connectivity index (χ1v) is 6.41. The molecule has 2 heterocycles. The van der Waals surface area contributed by atoms with Crippen molar-refractivity contribution in [3.8, 4) is 0 Å². The number of benzene rings is 1. The van der Waals surface area contributed by atoms with Gasteiger partial charge in [0.05, 0.1) is 5.56 Å². The molecular weight excluding hydrogens is 240 g/mol. The molecule has 0 spiro atoms. The van der Waals surface area contributed by atoms with Crippen LogP contribution < -0.4 is 10.6 Å². The maximum atomic E-state index is 12.5. The molecule has 1 aliphatic heterocycles. The summed E-state index contributed by atoms with van der Waals surface area (Å²) in [6.07, 6.45) is 3.37. The topological polar surface area (TPSA) is 59.5 Å². The number of rotatable bonds is 1. The third-order valence-corrected chi connectivity index (χ3v) is 3.51. The first kappa shape index (κ1) is 11.8. The number of carbonyl (C=O) groups excluding carboxylic acids is 1. The van der Waals surface area contributed by atoms with E-state index >= 15 is 0 Å². The van der Waals surface area contributed by atoms with Gasteiger partial charge in [0.15, 0.2) is 0 Å². The summed E-state index contributed by atoms with van der Waals surface area (Å²) in [7, 11) is 0. The summed E-state index contributed by atoms with van der Waals surface area (Å²) < 4.78 is 5.22. The first-order valence-electron chi connectivity index (χ1n) is 6.41.